The average Bonchev–Trinajstić information content (AvgIpc) is 3.13. The Morgan fingerprint density at radius 1 is 1.24 bits per heavy atom. The van der Waals surface area contributed by atoms with E-state index >= 15 is 0 Å². The van der Waals surface area contributed by atoms with Crippen molar-refractivity contribution < 1.29 is 19.1 Å². The Bertz CT molecular complexity index is 573. The first-order valence-electron chi connectivity index (χ1n) is 8.90. The number of carbonyl (C=O) groups is 2. The summed E-state index contributed by atoms with van der Waals surface area (Å²) in [5, 5.41) is 8.04. The lowest BCUT2D eigenvalue weighted by molar-refractivity contribution is -0.140. The van der Waals surface area contributed by atoms with Crippen molar-refractivity contribution in [2.24, 2.45) is 11.8 Å². The van der Waals surface area contributed by atoms with Gasteiger partial charge in [-0.2, -0.15) is 0 Å². The normalized spacial score (nSPS) is 17.9. The number of ether oxygens (including phenoxy) is 2. The second kappa shape index (κ2) is 9.62. The highest BCUT2D eigenvalue weighted by molar-refractivity contribution is 6.03. The second-order valence-corrected chi connectivity index (χ2v) is 6.68. The summed E-state index contributed by atoms with van der Waals surface area (Å²) < 4.78 is 12.6. The van der Waals surface area contributed by atoms with Gasteiger partial charge in [0.25, 0.3) is 0 Å². The molecule has 1 aromatic heterocycles. The van der Waals surface area contributed by atoms with E-state index in [1.165, 1.54) is 4.90 Å². The molecule has 0 spiro atoms. The molecule has 0 bridgehead atoms. The number of likely N-dealkylation sites (tertiary alicyclic amines) is 1. The Kier molecular flexibility index (Phi) is 7.52. The van der Waals surface area contributed by atoms with Gasteiger partial charge in [0.15, 0.2) is 0 Å². The van der Waals surface area contributed by atoms with Gasteiger partial charge >= 0.3 is 0 Å². The first kappa shape index (κ1) is 19.5. The van der Waals surface area contributed by atoms with Crippen LogP contribution in [0.1, 0.15) is 39.3 Å². The minimum absolute atomic E-state index is 0.105. The molecule has 1 aliphatic rings. The van der Waals surface area contributed by atoms with Crippen molar-refractivity contribution in [3.8, 4) is 0 Å². The van der Waals surface area contributed by atoms with Crippen LogP contribution in [0.3, 0.4) is 0 Å². The maximum absolute atomic E-state index is 12.1. The van der Waals surface area contributed by atoms with Crippen molar-refractivity contribution in [3.63, 3.8) is 0 Å². The molecule has 0 radical (unpaired) electrons. The van der Waals surface area contributed by atoms with Crippen molar-refractivity contribution in [1.82, 2.24) is 19.9 Å². The number of hydrogen-bond acceptors (Lipinski definition) is 6. The number of amides is 2. The number of carbonyl (C=O) groups excluding carboxylic acids is 2. The molecule has 0 aromatic carbocycles. The Morgan fingerprint density at radius 3 is 2.68 bits per heavy atom. The van der Waals surface area contributed by atoms with Crippen LogP contribution in [0.2, 0.25) is 0 Å². The monoisotopic (exact) mass is 352 g/mol. The van der Waals surface area contributed by atoms with Crippen LogP contribution in [0.5, 0.6) is 0 Å². The van der Waals surface area contributed by atoms with Crippen LogP contribution in [0.4, 0.5) is 0 Å². The van der Waals surface area contributed by atoms with E-state index in [0.29, 0.717) is 50.8 Å². The second-order valence-electron chi connectivity index (χ2n) is 6.68. The van der Waals surface area contributed by atoms with Crippen molar-refractivity contribution in [3.05, 3.63) is 11.9 Å². The summed E-state index contributed by atoms with van der Waals surface area (Å²) in [4.78, 5) is 25.3. The SMILES string of the molecule is CCC1CC(=O)N(Cc2cn(CCOCCOCC(C)C)nn2)C1=O. The van der Waals surface area contributed by atoms with E-state index in [0.717, 1.165) is 6.61 Å². The van der Waals surface area contributed by atoms with Crippen molar-refractivity contribution in [2.75, 3.05) is 26.4 Å². The molecule has 1 fully saturated rings. The summed E-state index contributed by atoms with van der Waals surface area (Å²) in [7, 11) is 0. The van der Waals surface area contributed by atoms with E-state index < -0.39 is 0 Å². The lowest BCUT2D eigenvalue weighted by Gasteiger charge is -2.12. The molecular weight excluding hydrogens is 324 g/mol. The molecular formula is C17H28N4O4. The van der Waals surface area contributed by atoms with Crippen LogP contribution < -0.4 is 0 Å². The van der Waals surface area contributed by atoms with E-state index in [9.17, 15) is 9.59 Å². The van der Waals surface area contributed by atoms with Crippen molar-refractivity contribution in [2.45, 2.75) is 46.7 Å². The number of rotatable bonds is 11. The van der Waals surface area contributed by atoms with Gasteiger partial charge in [0.05, 0.1) is 39.1 Å². The van der Waals surface area contributed by atoms with Crippen LogP contribution in [0.25, 0.3) is 0 Å². The summed E-state index contributed by atoms with van der Waals surface area (Å²) >= 11 is 0. The lowest BCUT2D eigenvalue weighted by Crippen LogP contribution is -2.30. The molecule has 140 valence electrons. The van der Waals surface area contributed by atoms with Gasteiger partial charge in [-0.15, -0.1) is 5.10 Å². The van der Waals surface area contributed by atoms with E-state index in [1.807, 2.05) is 6.92 Å². The third-order valence-corrected chi connectivity index (χ3v) is 4.02. The van der Waals surface area contributed by atoms with E-state index in [-0.39, 0.29) is 24.3 Å². The fourth-order valence-electron chi connectivity index (χ4n) is 2.62. The van der Waals surface area contributed by atoms with Gasteiger partial charge in [-0.25, -0.2) is 4.68 Å². The molecule has 8 heteroatoms. The molecule has 2 heterocycles. The van der Waals surface area contributed by atoms with Crippen LogP contribution in [0, 0.1) is 11.8 Å². The fourth-order valence-corrected chi connectivity index (χ4v) is 2.62. The van der Waals surface area contributed by atoms with Gasteiger partial charge in [0.1, 0.15) is 5.69 Å². The molecule has 25 heavy (non-hydrogen) atoms. The van der Waals surface area contributed by atoms with Crippen molar-refractivity contribution >= 4 is 11.8 Å². The van der Waals surface area contributed by atoms with E-state index in [1.54, 1.807) is 10.9 Å². The zero-order valence-corrected chi connectivity index (χ0v) is 15.3. The van der Waals surface area contributed by atoms with Crippen LogP contribution in [-0.2, 0) is 32.2 Å². The number of imide groups is 1. The van der Waals surface area contributed by atoms with Crippen molar-refractivity contribution in [1.29, 1.82) is 0 Å². The summed E-state index contributed by atoms with van der Waals surface area (Å²) in [6, 6.07) is 0. The number of nitrogens with zero attached hydrogens (tertiary/aromatic N) is 4. The predicted octanol–water partition coefficient (Wildman–Crippen LogP) is 1.25. The largest absolute Gasteiger partial charge is 0.379 e. The minimum atomic E-state index is -0.186. The van der Waals surface area contributed by atoms with Gasteiger partial charge in [0.2, 0.25) is 11.8 Å². The Labute approximate surface area is 148 Å². The van der Waals surface area contributed by atoms with Gasteiger partial charge in [-0.3, -0.25) is 14.5 Å². The Hall–Kier alpha value is -1.80. The molecule has 2 rings (SSSR count). The fraction of sp³-hybridized carbons (Fsp3) is 0.765. The molecule has 0 saturated carbocycles. The molecule has 1 aromatic rings. The van der Waals surface area contributed by atoms with Crippen LogP contribution >= 0.6 is 0 Å². The number of hydrogen-bond donors (Lipinski definition) is 0. The predicted molar refractivity (Wildman–Crippen MR) is 90.5 cm³/mol. The third kappa shape index (κ3) is 5.89. The summed E-state index contributed by atoms with van der Waals surface area (Å²) in [5.41, 5.74) is 0.610. The van der Waals surface area contributed by atoms with Gasteiger partial charge < -0.3 is 9.47 Å². The topological polar surface area (TPSA) is 86.6 Å². The van der Waals surface area contributed by atoms with Crippen LogP contribution in [0.15, 0.2) is 6.20 Å². The van der Waals surface area contributed by atoms with Crippen LogP contribution in [-0.4, -0.2) is 58.1 Å². The highest BCUT2D eigenvalue weighted by Gasteiger charge is 2.37. The highest BCUT2D eigenvalue weighted by Crippen LogP contribution is 2.23. The average molecular weight is 352 g/mol. The third-order valence-electron chi connectivity index (χ3n) is 4.02. The first-order valence-corrected chi connectivity index (χ1v) is 8.90. The van der Waals surface area contributed by atoms with E-state index in [2.05, 4.69) is 24.2 Å². The maximum atomic E-state index is 12.1. The van der Waals surface area contributed by atoms with Gasteiger partial charge in [-0.1, -0.05) is 26.0 Å². The summed E-state index contributed by atoms with van der Waals surface area (Å²) in [6.07, 6.45) is 2.74. The molecule has 1 saturated heterocycles. The Morgan fingerprint density at radius 2 is 2.00 bits per heavy atom. The van der Waals surface area contributed by atoms with E-state index in [4.69, 9.17) is 9.47 Å². The minimum Gasteiger partial charge on any atom is -0.379 e. The number of aromatic nitrogens is 3. The summed E-state index contributed by atoms with van der Waals surface area (Å²) in [6.45, 7) is 9.26. The molecule has 1 unspecified atom stereocenters. The lowest BCUT2D eigenvalue weighted by atomic mass is 10.1. The molecule has 1 aliphatic heterocycles. The zero-order valence-electron chi connectivity index (χ0n) is 15.3. The zero-order chi connectivity index (χ0) is 18.2. The molecule has 2 amide bonds. The maximum Gasteiger partial charge on any atom is 0.233 e. The Balaban J connectivity index is 1.68. The van der Waals surface area contributed by atoms with Gasteiger partial charge in [-0.05, 0) is 12.3 Å². The standard InChI is InChI=1S/C17H28N4O4/c1-4-14-9-16(22)21(17(14)23)11-15-10-20(19-18-15)5-6-24-7-8-25-12-13(2)3/h10,13-14H,4-9,11-12H2,1-3H3. The molecule has 1 atom stereocenters. The molecule has 8 nitrogen and oxygen atoms in total. The molecule has 0 N–H and O–H groups in total. The first-order chi connectivity index (χ1) is 12.0. The highest BCUT2D eigenvalue weighted by atomic mass is 16.5. The smallest absolute Gasteiger partial charge is 0.233 e. The quantitative estimate of drug-likeness (QED) is 0.440. The van der Waals surface area contributed by atoms with Gasteiger partial charge in [0, 0.05) is 18.9 Å². The molecule has 0 aliphatic carbocycles. The summed E-state index contributed by atoms with van der Waals surface area (Å²) in [5.74, 6) is 0.104.